The normalized spacial score (nSPS) is 10.9. The maximum Gasteiger partial charge on any atom is 0.264 e. The lowest BCUT2D eigenvalue weighted by atomic mass is 10.3. The van der Waals surface area contributed by atoms with Crippen molar-refractivity contribution < 1.29 is 4.79 Å². The van der Waals surface area contributed by atoms with Crippen LogP contribution in [0.2, 0.25) is 0 Å². The molecule has 6 heteroatoms. The molecule has 0 unspecified atom stereocenters. The van der Waals surface area contributed by atoms with Gasteiger partial charge in [0.05, 0.1) is 25.4 Å². The molecular formula is C14H11BrN2OS2. The zero-order chi connectivity index (χ0) is 14.1. The molecular weight excluding hydrogens is 356 g/mol. The maximum atomic E-state index is 12.3. The summed E-state index contributed by atoms with van der Waals surface area (Å²) >= 11 is 6.46. The van der Waals surface area contributed by atoms with Crippen LogP contribution in [-0.4, -0.2) is 22.8 Å². The number of carbonyl (C=O) groups excluding carboxylic acids is 1. The number of nitrogens with zero attached hydrogens (tertiary/aromatic N) is 2. The Bertz CT molecular complexity index is 732. The largest absolute Gasteiger partial charge is 0.334 e. The number of aromatic nitrogens is 1. The standard InChI is InChI=1S/C14H11BrN2OS2/c1-17(14(18)11-6-7-12(15)19-11)8-13-16-9-4-2-3-5-10(9)20-13/h2-7H,8H2,1H3. The van der Waals surface area contributed by atoms with Crippen LogP contribution in [0, 0.1) is 0 Å². The van der Waals surface area contributed by atoms with Crippen LogP contribution in [0.1, 0.15) is 14.7 Å². The number of carbonyl (C=O) groups is 1. The van der Waals surface area contributed by atoms with Gasteiger partial charge >= 0.3 is 0 Å². The molecule has 102 valence electrons. The van der Waals surface area contributed by atoms with Crippen molar-refractivity contribution in [2.75, 3.05) is 7.05 Å². The lowest BCUT2D eigenvalue weighted by Crippen LogP contribution is -2.25. The third-order valence-electron chi connectivity index (χ3n) is 2.84. The van der Waals surface area contributed by atoms with Crippen LogP contribution in [0.3, 0.4) is 0 Å². The molecule has 0 radical (unpaired) electrons. The van der Waals surface area contributed by atoms with Crippen molar-refractivity contribution in [3.63, 3.8) is 0 Å². The Hall–Kier alpha value is -1.24. The van der Waals surface area contributed by atoms with Gasteiger partial charge in [0.2, 0.25) is 0 Å². The summed E-state index contributed by atoms with van der Waals surface area (Å²) in [6.45, 7) is 0.535. The second-order valence-electron chi connectivity index (χ2n) is 4.34. The molecule has 3 nitrogen and oxygen atoms in total. The maximum absolute atomic E-state index is 12.3. The van der Waals surface area contributed by atoms with Crippen LogP contribution >= 0.6 is 38.6 Å². The molecule has 0 bridgehead atoms. The van der Waals surface area contributed by atoms with Crippen LogP contribution in [0.4, 0.5) is 0 Å². The third kappa shape index (κ3) is 2.77. The predicted octanol–water partition coefficient (Wildman–Crippen LogP) is 4.39. The minimum absolute atomic E-state index is 0.0277. The molecule has 3 rings (SSSR count). The van der Waals surface area contributed by atoms with Gasteiger partial charge in [0.1, 0.15) is 5.01 Å². The highest BCUT2D eigenvalue weighted by Crippen LogP contribution is 2.25. The van der Waals surface area contributed by atoms with Crippen molar-refractivity contribution in [2.24, 2.45) is 0 Å². The van der Waals surface area contributed by atoms with Gasteiger partial charge in [-0.05, 0) is 40.2 Å². The van der Waals surface area contributed by atoms with E-state index >= 15 is 0 Å². The average molecular weight is 367 g/mol. The monoisotopic (exact) mass is 366 g/mol. The van der Waals surface area contributed by atoms with Gasteiger partial charge < -0.3 is 4.90 Å². The smallest absolute Gasteiger partial charge is 0.264 e. The molecule has 1 amide bonds. The van der Waals surface area contributed by atoms with Gasteiger partial charge in [0, 0.05) is 7.05 Å². The Kier molecular flexibility index (Phi) is 3.87. The molecule has 20 heavy (non-hydrogen) atoms. The van der Waals surface area contributed by atoms with E-state index in [-0.39, 0.29) is 5.91 Å². The average Bonchev–Trinajstić information content (AvgIpc) is 3.03. The molecule has 0 saturated heterocycles. The Morgan fingerprint density at radius 2 is 2.05 bits per heavy atom. The highest BCUT2D eigenvalue weighted by molar-refractivity contribution is 9.11. The fourth-order valence-corrected chi connectivity index (χ4v) is 4.28. The summed E-state index contributed by atoms with van der Waals surface area (Å²) in [7, 11) is 1.81. The predicted molar refractivity (Wildman–Crippen MR) is 87.4 cm³/mol. The first kappa shape index (κ1) is 13.7. The van der Waals surface area contributed by atoms with Crippen molar-refractivity contribution in [3.05, 3.63) is 50.1 Å². The summed E-state index contributed by atoms with van der Waals surface area (Å²) in [6.07, 6.45) is 0. The van der Waals surface area contributed by atoms with E-state index in [4.69, 9.17) is 0 Å². The summed E-state index contributed by atoms with van der Waals surface area (Å²) < 4.78 is 2.12. The summed E-state index contributed by atoms with van der Waals surface area (Å²) in [6, 6.07) is 11.8. The van der Waals surface area contributed by atoms with Crippen LogP contribution in [0.5, 0.6) is 0 Å². The first-order valence-electron chi connectivity index (χ1n) is 5.99. The molecule has 0 aliphatic heterocycles. The molecule has 0 N–H and O–H groups in total. The van der Waals surface area contributed by atoms with Crippen molar-refractivity contribution in [2.45, 2.75) is 6.54 Å². The van der Waals surface area contributed by atoms with Gasteiger partial charge in [-0.1, -0.05) is 12.1 Å². The molecule has 1 aromatic carbocycles. The molecule has 2 heterocycles. The quantitative estimate of drug-likeness (QED) is 0.688. The van der Waals surface area contributed by atoms with E-state index in [1.54, 1.807) is 16.2 Å². The Morgan fingerprint density at radius 3 is 2.75 bits per heavy atom. The van der Waals surface area contributed by atoms with Gasteiger partial charge in [-0.3, -0.25) is 4.79 Å². The zero-order valence-corrected chi connectivity index (χ0v) is 13.9. The van der Waals surface area contributed by atoms with E-state index in [0.717, 1.165) is 23.9 Å². The van der Waals surface area contributed by atoms with Gasteiger partial charge in [0.25, 0.3) is 5.91 Å². The third-order valence-corrected chi connectivity index (χ3v) is 5.47. The molecule has 0 spiro atoms. The summed E-state index contributed by atoms with van der Waals surface area (Å²) in [5.74, 6) is 0.0277. The molecule has 3 aromatic rings. The van der Waals surface area contributed by atoms with Crippen LogP contribution < -0.4 is 0 Å². The lowest BCUT2D eigenvalue weighted by Gasteiger charge is -2.14. The first-order valence-corrected chi connectivity index (χ1v) is 8.41. The number of fused-ring (bicyclic) bond motifs is 1. The number of benzene rings is 1. The number of hydrogen-bond donors (Lipinski definition) is 0. The van der Waals surface area contributed by atoms with Crippen molar-refractivity contribution in [1.29, 1.82) is 0 Å². The highest BCUT2D eigenvalue weighted by atomic mass is 79.9. The Labute approximate surface area is 133 Å². The van der Waals surface area contributed by atoms with E-state index in [2.05, 4.69) is 27.0 Å². The number of rotatable bonds is 3. The fraction of sp³-hybridized carbons (Fsp3) is 0.143. The SMILES string of the molecule is CN(Cc1nc2ccccc2s1)C(=O)c1ccc(Br)s1. The lowest BCUT2D eigenvalue weighted by molar-refractivity contribution is 0.0790. The highest BCUT2D eigenvalue weighted by Gasteiger charge is 2.15. The molecule has 0 aliphatic carbocycles. The number of thiophene rings is 1. The number of thiazole rings is 1. The molecule has 0 fully saturated rings. The van der Waals surface area contributed by atoms with E-state index in [9.17, 15) is 4.79 Å². The van der Waals surface area contributed by atoms with Gasteiger partial charge in [-0.25, -0.2) is 4.98 Å². The minimum Gasteiger partial charge on any atom is -0.334 e. The second kappa shape index (κ2) is 5.63. The minimum atomic E-state index is 0.0277. The number of para-hydroxylation sites is 1. The van der Waals surface area contributed by atoms with E-state index < -0.39 is 0 Å². The second-order valence-corrected chi connectivity index (χ2v) is 7.92. The van der Waals surface area contributed by atoms with E-state index in [0.29, 0.717) is 6.54 Å². The number of amides is 1. The van der Waals surface area contributed by atoms with Gasteiger partial charge in [0.15, 0.2) is 0 Å². The molecule has 0 atom stereocenters. The van der Waals surface area contributed by atoms with E-state index in [1.165, 1.54) is 11.3 Å². The van der Waals surface area contributed by atoms with Crippen molar-refractivity contribution in [3.8, 4) is 0 Å². The molecule has 0 saturated carbocycles. The summed E-state index contributed by atoms with van der Waals surface area (Å²) in [4.78, 5) is 19.3. The van der Waals surface area contributed by atoms with Gasteiger partial charge in [-0.15, -0.1) is 22.7 Å². The topological polar surface area (TPSA) is 33.2 Å². The summed E-state index contributed by atoms with van der Waals surface area (Å²) in [5, 5.41) is 0.956. The number of halogens is 1. The molecule has 0 aliphatic rings. The first-order chi connectivity index (χ1) is 9.63. The zero-order valence-electron chi connectivity index (χ0n) is 10.7. The Balaban J connectivity index is 1.78. The molecule has 2 aromatic heterocycles. The van der Waals surface area contributed by atoms with Crippen molar-refractivity contribution >= 4 is 54.7 Å². The number of hydrogen-bond acceptors (Lipinski definition) is 4. The van der Waals surface area contributed by atoms with Crippen LogP contribution in [0.15, 0.2) is 40.2 Å². The van der Waals surface area contributed by atoms with Crippen molar-refractivity contribution in [1.82, 2.24) is 9.88 Å². The summed E-state index contributed by atoms with van der Waals surface area (Å²) in [5.41, 5.74) is 0.993. The van der Waals surface area contributed by atoms with E-state index in [1.807, 2.05) is 37.4 Å². The van der Waals surface area contributed by atoms with Crippen LogP contribution in [0.25, 0.3) is 10.2 Å². The Morgan fingerprint density at radius 1 is 1.25 bits per heavy atom. The fourth-order valence-electron chi connectivity index (χ4n) is 1.88. The van der Waals surface area contributed by atoms with Gasteiger partial charge in [-0.2, -0.15) is 0 Å². The van der Waals surface area contributed by atoms with Crippen LogP contribution in [-0.2, 0) is 6.54 Å².